The van der Waals surface area contributed by atoms with Crippen molar-refractivity contribution in [3.8, 4) is 0 Å². The fourth-order valence-electron chi connectivity index (χ4n) is 3.28. The Morgan fingerprint density at radius 2 is 2.00 bits per heavy atom. The zero-order chi connectivity index (χ0) is 20.5. The zero-order valence-electron chi connectivity index (χ0n) is 18.4. The molecule has 1 aromatic rings. The third-order valence-electron chi connectivity index (χ3n) is 5.07. The number of hydrogen-bond acceptors (Lipinski definition) is 4. The number of hydrogen-bond donors (Lipinski definition) is 2. The number of guanidine groups is 1. The lowest BCUT2D eigenvalue weighted by Crippen LogP contribution is -2.51. The summed E-state index contributed by atoms with van der Waals surface area (Å²) >= 11 is 0. The van der Waals surface area contributed by atoms with Gasteiger partial charge in [-0.25, -0.2) is 0 Å². The molecule has 2 N–H and O–H groups in total. The predicted octanol–water partition coefficient (Wildman–Crippen LogP) is 1.35. The van der Waals surface area contributed by atoms with Crippen molar-refractivity contribution < 1.29 is 4.79 Å². The number of nitrogens with zero attached hydrogens (tertiary/aromatic N) is 4. The molecule has 0 bridgehead atoms. The summed E-state index contributed by atoms with van der Waals surface area (Å²) in [6.07, 6.45) is 0.838. The molecule has 1 heterocycles. The Labute approximate surface area is 192 Å². The molecule has 164 valence electrons. The second kappa shape index (κ2) is 13.0. The summed E-state index contributed by atoms with van der Waals surface area (Å²) < 4.78 is 0. The van der Waals surface area contributed by atoms with E-state index < -0.39 is 0 Å². The quantitative estimate of drug-likeness (QED) is 0.326. The average Bonchev–Trinajstić information content (AvgIpc) is 2.68. The van der Waals surface area contributed by atoms with Crippen molar-refractivity contribution in [3.05, 3.63) is 35.4 Å². The Bertz CT molecular complexity index is 666. The Kier molecular flexibility index (Phi) is 11.5. The molecular formula is C21H37IN6O. The van der Waals surface area contributed by atoms with E-state index in [1.54, 1.807) is 19.0 Å². The van der Waals surface area contributed by atoms with Gasteiger partial charge in [0, 0.05) is 58.4 Å². The molecule has 1 saturated heterocycles. The maximum absolute atomic E-state index is 12.1. The topological polar surface area (TPSA) is 63.2 Å². The highest BCUT2D eigenvalue weighted by Crippen LogP contribution is 2.08. The number of likely N-dealkylation sites (N-methyl/N-ethyl adjacent to an activating group) is 2. The minimum atomic E-state index is 0. The van der Waals surface area contributed by atoms with Gasteiger partial charge in [0.1, 0.15) is 0 Å². The van der Waals surface area contributed by atoms with Crippen LogP contribution in [0.2, 0.25) is 0 Å². The number of piperazine rings is 1. The SMILES string of the molecule is CCNC(=NCC1CN(C)CCN1C)NCCc1cccc(C(=O)N(C)C)c1.I. The Morgan fingerprint density at radius 1 is 1.24 bits per heavy atom. The Balaban J connectivity index is 0.00000420. The van der Waals surface area contributed by atoms with Crippen LogP contribution < -0.4 is 10.6 Å². The van der Waals surface area contributed by atoms with Crippen molar-refractivity contribution in [2.24, 2.45) is 4.99 Å². The molecule has 0 aromatic heterocycles. The number of carbonyl (C=O) groups is 1. The number of nitrogens with one attached hydrogen (secondary N) is 2. The van der Waals surface area contributed by atoms with Crippen LogP contribution in [0.3, 0.4) is 0 Å². The van der Waals surface area contributed by atoms with Gasteiger partial charge >= 0.3 is 0 Å². The first kappa shape index (κ1) is 25.6. The first-order valence-corrected chi connectivity index (χ1v) is 10.1. The van der Waals surface area contributed by atoms with Gasteiger partial charge in [-0.2, -0.15) is 0 Å². The normalized spacial score (nSPS) is 18.1. The minimum Gasteiger partial charge on any atom is -0.357 e. The number of amides is 1. The van der Waals surface area contributed by atoms with Crippen LogP contribution >= 0.6 is 24.0 Å². The van der Waals surface area contributed by atoms with Gasteiger partial charge in [0.25, 0.3) is 5.91 Å². The maximum Gasteiger partial charge on any atom is 0.253 e. The van der Waals surface area contributed by atoms with Crippen LogP contribution in [0.15, 0.2) is 29.3 Å². The van der Waals surface area contributed by atoms with Crippen molar-refractivity contribution in [2.75, 3.05) is 67.5 Å². The molecule has 29 heavy (non-hydrogen) atoms. The molecule has 0 spiro atoms. The van der Waals surface area contributed by atoms with Crippen LogP contribution in [0.1, 0.15) is 22.8 Å². The summed E-state index contributed by atoms with van der Waals surface area (Å²) in [5, 5.41) is 6.74. The highest BCUT2D eigenvalue weighted by Gasteiger charge is 2.21. The van der Waals surface area contributed by atoms with E-state index in [2.05, 4.69) is 47.5 Å². The van der Waals surface area contributed by atoms with Gasteiger partial charge in [0.05, 0.1) is 6.54 Å². The van der Waals surface area contributed by atoms with Gasteiger partial charge in [-0.15, -0.1) is 24.0 Å². The van der Waals surface area contributed by atoms with E-state index in [4.69, 9.17) is 4.99 Å². The van der Waals surface area contributed by atoms with Gasteiger partial charge in [-0.05, 0) is 45.1 Å². The number of benzene rings is 1. The molecule has 1 unspecified atom stereocenters. The number of rotatable bonds is 7. The maximum atomic E-state index is 12.1. The fourth-order valence-corrected chi connectivity index (χ4v) is 3.28. The third-order valence-corrected chi connectivity index (χ3v) is 5.07. The predicted molar refractivity (Wildman–Crippen MR) is 131 cm³/mol. The molecule has 8 heteroatoms. The summed E-state index contributed by atoms with van der Waals surface area (Å²) in [6, 6.07) is 8.29. The summed E-state index contributed by atoms with van der Waals surface area (Å²) in [5.41, 5.74) is 1.87. The van der Waals surface area contributed by atoms with Crippen LogP contribution in [0.4, 0.5) is 0 Å². The number of aliphatic imine (C=N–C) groups is 1. The van der Waals surface area contributed by atoms with E-state index in [-0.39, 0.29) is 29.9 Å². The average molecular weight is 516 g/mol. The molecule has 0 aliphatic carbocycles. The van der Waals surface area contributed by atoms with Gasteiger partial charge in [-0.1, -0.05) is 12.1 Å². The zero-order valence-corrected chi connectivity index (χ0v) is 20.8. The number of halogens is 1. The highest BCUT2D eigenvalue weighted by molar-refractivity contribution is 14.0. The van der Waals surface area contributed by atoms with Crippen molar-refractivity contribution in [1.29, 1.82) is 0 Å². The summed E-state index contributed by atoms with van der Waals surface area (Å²) in [6.45, 7) is 7.71. The largest absolute Gasteiger partial charge is 0.357 e. The smallest absolute Gasteiger partial charge is 0.253 e. The van der Waals surface area contributed by atoms with Crippen LogP contribution in [-0.4, -0.2) is 100 Å². The van der Waals surface area contributed by atoms with E-state index in [0.717, 1.165) is 62.8 Å². The van der Waals surface area contributed by atoms with Crippen LogP contribution in [0.5, 0.6) is 0 Å². The molecule has 1 amide bonds. The first-order valence-electron chi connectivity index (χ1n) is 10.1. The molecule has 1 atom stereocenters. The summed E-state index contributed by atoms with van der Waals surface area (Å²) in [5.74, 6) is 0.885. The molecule has 0 radical (unpaired) electrons. The lowest BCUT2D eigenvalue weighted by molar-refractivity contribution is 0.0827. The summed E-state index contributed by atoms with van der Waals surface area (Å²) in [7, 11) is 7.90. The first-order chi connectivity index (χ1) is 13.4. The van der Waals surface area contributed by atoms with E-state index >= 15 is 0 Å². The highest BCUT2D eigenvalue weighted by atomic mass is 127. The van der Waals surface area contributed by atoms with Gasteiger partial charge in [0.2, 0.25) is 0 Å². The van der Waals surface area contributed by atoms with Gasteiger partial charge < -0.3 is 20.4 Å². The second-order valence-electron chi connectivity index (χ2n) is 7.69. The molecule has 7 nitrogen and oxygen atoms in total. The van der Waals surface area contributed by atoms with E-state index in [1.165, 1.54) is 0 Å². The molecule has 1 aromatic carbocycles. The molecule has 1 fully saturated rings. The standard InChI is InChI=1S/C21H36N6O.HI/c1-6-22-21(24-15-19-16-26(4)12-13-27(19)5)23-11-10-17-8-7-9-18(14-17)20(28)25(2)3;/h7-9,14,19H,6,10-13,15-16H2,1-5H3,(H2,22,23,24);1H. The van der Waals surface area contributed by atoms with Crippen molar-refractivity contribution in [1.82, 2.24) is 25.3 Å². The number of carbonyl (C=O) groups excluding carboxylic acids is 1. The molecule has 0 saturated carbocycles. The monoisotopic (exact) mass is 516 g/mol. The van der Waals surface area contributed by atoms with Crippen LogP contribution in [0, 0.1) is 0 Å². The summed E-state index contributed by atoms with van der Waals surface area (Å²) in [4.78, 5) is 23.3. The lowest BCUT2D eigenvalue weighted by atomic mass is 10.1. The second-order valence-corrected chi connectivity index (χ2v) is 7.69. The van der Waals surface area contributed by atoms with Crippen molar-refractivity contribution in [3.63, 3.8) is 0 Å². The van der Waals surface area contributed by atoms with Crippen molar-refractivity contribution in [2.45, 2.75) is 19.4 Å². The van der Waals surface area contributed by atoms with E-state index in [1.807, 2.05) is 18.2 Å². The lowest BCUT2D eigenvalue weighted by Gasteiger charge is -2.36. The fraction of sp³-hybridized carbons (Fsp3) is 0.619. The van der Waals surface area contributed by atoms with E-state index in [9.17, 15) is 4.79 Å². The van der Waals surface area contributed by atoms with Crippen molar-refractivity contribution >= 4 is 35.8 Å². The van der Waals surface area contributed by atoms with Crippen LogP contribution in [-0.2, 0) is 6.42 Å². The molecular weight excluding hydrogens is 479 g/mol. The van der Waals surface area contributed by atoms with Crippen LogP contribution in [0.25, 0.3) is 0 Å². The van der Waals surface area contributed by atoms with E-state index in [0.29, 0.717) is 6.04 Å². The van der Waals surface area contributed by atoms with Gasteiger partial charge in [0.15, 0.2) is 5.96 Å². The third kappa shape index (κ3) is 8.47. The molecule has 2 rings (SSSR count). The minimum absolute atomic E-state index is 0. The Morgan fingerprint density at radius 3 is 2.69 bits per heavy atom. The van der Waals surface area contributed by atoms with Gasteiger partial charge in [-0.3, -0.25) is 14.7 Å². The Hall–Kier alpha value is -1.39. The molecule has 1 aliphatic heterocycles. The molecule has 1 aliphatic rings.